The Kier molecular flexibility index (Phi) is 7.44. The highest BCUT2D eigenvalue weighted by Crippen LogP contribution is 2.53. The molecular weight excluding hydrogens is 737 g/mol. The standard InChI is InChI=1S/C55H38N2OS/c1-55(2)47-28-25-40(32-45(47)44-30-35-14-9-10-15-36(35)31-48(44)55)57(49-21-13-23-51-54(49)43-20-11-12-22-50(43)58-51)41-24-27-42-46-33-39(26-29-52(46)59-53(42)34-41)56(37-16-5-3-6-17-37)38-18-7-4-8-19-38/h3-34H,1-2H3. The van der Waals surface area contributed by atoms with E-state index in [0.29, 0.717) is 0 Å². The first-order chi connectivity index (χ1) is 29.0. The number of hydrogen-bond donors (Lipinski definition) is 0. The Labute approximate surface area is 346 Å². The molecule has 1 aliphatic carbocycles. The van der Waals surface area contributed by atoms with E-state index in [4.69, 9.17) is 4.42 Å². The van der Waals surface area contributed by atoms with Crippen LogP contribution in [0.3, 0.4) is 0 Å². The zero-order valence-electron chi connectivity index (χ0n) is 32.7. The van der Waals surface area contributed by atoms with Gasteiger partial charge in [-0.2, -0.15) is 0 Å². The molecule has 0 spiro atoms. The normalized spacial score (nSPS) is 13.1. The quantitative estimate of drug-likeness (QED) is 0.168. The zero-order valence-corrected chi connectivity index (χ0v) is 33.5. The van der Waals surface area contributed by atoms with Crippen LogP contribution in [0.15, 0.2) is 199 Å². The van der Waals surface area contributed by atoms with Crippen molar-refractivity contribution in [2.24, 2.45) is 0 Å². The van der Waals surface area contributed by atoms with Crippen molar-refractivity contribution < 1.29 is 4.42 Å². The summed E-state index contributed by atoms with van der Waals surface area (Å²) in [6, 6.07) is 70.6. The Bertz CT molecular complexity index is 3390. The number of fused-ring (bicyclic) bond motifs is 10. The molecule has 0 N–H and O–H groups in total. The monoisotopic (exact) mass is 774 g/mol. The van der Waals surface area contributed by atoms with Gasteiger partial charge in [-0.15, -0.1) is 11.3 Å². The number of nitrogens with zero attached hydrogens (tertiary/aromatic N) is 2. The van der Waals surface area contributed by atoms with E-state index in [0.717, 1.165) is 56.1 Å². The van der Waals surface area contributed by atoms with Crippen molar-refractivity contribution in [3.8, 4) is 11.1 Å². The number of rotatable bonds is 6. The van der Waals surface area contributed by atoms with E-state index < -0.39 is 0 Å². The van der Waals surface area contributed by atoms with E-state index in [2.05, 4.69) is 212 Å². The van der Waals surface area contributed by atoms with Gasteiger partial charge in [0.15, 0.2) is 0 Å². The summed E-state index contributed by atoms with van der Waals surface area (Å²) in [5.41, 5.74) is 13.7. The summed E-state index contributed by atoms with van der Waals surface area (Å²) in [4.78, 5) is 4.78. The van der Waals surface area contributed by atoms with Crippen LogP contribution in [0.5, 0.6) is 0 Å². The fraction of sp³-hybridized carbons (Fsp3) is 0.0545. The fourth-order valence-electron chi connectivity index (χ4n) is 9.57. The second kappa shape index (κ2) is 12.9. The number of thiophene rings is 1. The Morgan fingerprint density at radius 2 is 1.03 bits per heavy atom. The zero-order chi connectivity index (χ0) is 39.2. The van der Waals surface area contributed by atoms with E-state index in [1.807, 2.05) is 17.4 Å². The molecular formula is C55H38N2OS. The van der Waals surface area contributed by atoms with Gasteiger partial charge in [-0.1, -0.05) is 111 Å². The molecule has 280 valence electrons. The first-order valence-corrected chi connectivity index (χ1v) is 21.1. The van der Waals surface area contributed by atoms with Crippen LogP contribution in [0, 0.1) is 0 Å². The molecule has 2 heterocycles. The summed E-state index contributed by atoms with van der Waals surface area (Å²) in [5.74, 6) is 0. The van der Waals surface area contributed by atoms with Gasteiger partial charge in [0, 0.05) is 59.4 Å². The highest BCUT2D eigenvalue weighted by Gasteiger charge is 2.36. The maximum atomic E-state index is 6.48. The number of furan rings is 1. The Morgan fingerprint density at radius 3 is 1.83 bits per heavy atom. The molecule has 0 fully saturated rings. The largest absolute Gasteiger partial charge is 0.456 e. The van der Waals surface area contributed by atoms with Crippen LogP contribution in [-0.2, 0) is 5.41 Å². The maximum Gasteiger partial charge on any atom is 0.137 e. The van der Waals surface area contributed by atoms with Crippen molar-refractivity contribution >= 4 is 98.3 Å². The molecule has 9 aromatic carbocycles. The van der Waals surface area contributed by atoms with E-state index >= 15 is 0 Å². The third kappa shape index (κ3) is 5.26. The minimum Gasteiger partial charge on any atom is -0.456 e. The molecule has 0 aliphatic heterocycles. The molecule has 11 aromatic rings. The van der Waals surface area contributed by atoms with Crippen LogP contribution in [0.4, 0.5) is 34.1 Å². The summed E-state index contributed by atoms with van der Waals surface area (Å²) in [6.45, 7) is 4.73. The summed E-state index contributed by atoms with van der Waals surface area (Å²) in [6.07, 6.45) is 0. The fourth-order valence-corrected chi connectivity index (χ4v) is 10.7. The van der Waals surface area contributed by atoms with Gasteiger partial charge in [-0.3, -0.25) is 0 Å². The summed E-state index contributed by atoms with van der Waals surface area (Å²) < 4.78 is 8.99. The van der Waals surface area contributed by atoms with Crippen molar-refractivity contribution in [2.75, 3.05) is 9.80 Å². The third-order valence-electron chi connectivity index (χ3n) is 12.4. The SMILES string of the molecule is CC1(C)c2ccc(N(c3ccc4c(c3)sc3ccc(N(c5ccccc5)c5ccccc5)cc34)c3cccc4oc5ccccc5c34)cc2-c2cc3ccccc3cc21. The first-order valence-electron chi connectivity index (χ1n) is 20.2. The Morgan fingerprint density at radius 1 is 0.407 bits per heavy atom. The number of para-hydroxylation sites is 3. The van der Waals surface area contributed by atoms with E-state index in [9.17, 15) is 0 Å². The number of benzene rings is 9. The molecule has 3 nitrogen and oxygen atoms in total. The van der Waals surface area contributed by atoms with Gasteiger partial charge >= 0.3 is 0 Å². The lowest BCUT2D eigenvalue weighted by atomic mass is 9.82. The van der Waals surface area contributed by atoms with Gasteiger partial charge in [0.1, 0.15) is 11.2 Å². The van der Waals surface area contributed by atoms with Gasteiger partial charge in [0.2, 0.25) is 0 Å². The number of anilines is 6. The van der Waals surface area contributed by atoms with Crippen molar-refractivity contribution in [1.82, 2.24) is 0 Å². The topological polar surface area (TPSA) is 19.6 Å². The second-order valence-electron chi connectivity index (χ2n) is 16.2. The molecule has 1 aliphatic rings. The van der Waals surface area contributed by atoms with E-state index in [-0.39, 0.29) is 5.41 Å². The molecule has 0 amide bonds. The van der Waals surface area contributed by atoms with Crippen LogP contribution in [0.1, 0.15) is 25.0 Å². The van der Waals surface area contributed by atoms with Gasteiger partial charge in [-0.05, 0) is 130 Å². The Balaban J connectivity index is 1.06. The molecule has 2 aromatic heterocycles. The molecule has 0 bridgehead atoms. The lowest BCUT2D eigenvalue weighted by molar-refractivity contribution is 0.661. The summed E-state index contributed by atoms with van der Waals surface area (Å²) in [7, 11) is 0. The van der Waals surface area contributed by atoms with Crippen LogP contribution < -0.4 is 9.80 Å². The van der Waals surface area contributed by atoms with Crippen LogP contribution >= 0.6 is 11.3 Å². The highest BCUT2D eigenvalue weighted by atomic mass is 32.1. The average molecular weight is 775 g/mol. The van der Waals surface area contributed by atoms with Gasteiger partial charge in [-0.25, -0.2) is 0 Å². The first kappa shape index (κ1) is 33.9. The number of hydrogen-bond acceptors (Lipinski definition) is 4. The van der Waals surface area contributed by atoms with Crippen molar-refractivity contribution in [2.45, 2.75) is 19.3 Å². The maximum absolute atomic E-state index is 6.48. The summed E-state index contributed by atoms with van der Waals surface area (Å²) in [5, 5.41) is 7.27. The molecule has 12 rings (SSSR count). The Hall–Kier alpha value is -7.14. The van der Waals surface area contributed by atoms with Gasteiger partial charge in [0.25, 0.3) is 0 Å². The van der Waals surface area contributed by atoms with E-state index in [1.165, 1.54) is 53.2 Å². The molecule has 0 saturated heterocycles. The van der Waals surface area contributed by atoms with Gasteiger partial charge < -0.3 is 14.2 Å². The minimum atomic E-state index is -0.121. The molecule has 0 unspecified atom stereocenters. The van der Waals surface area contributed by atoms with E-state index in [1.54, 1.807) is 0 Å². The van der Waals surface area contributed by atoms with Crippen LogP contribution in [-0.4, -0.2) is 0 Å². The highest BCUT2D eigenvalue weighted by molar-refractivity contribution is 7.25. The van der Waals surface area contributed by atoms with Gasteiger partial charge in [0.05, 0.1) is 11.1 Å². The molecule has 0 radical (unpaired) electrons. The van der Waals surface area contributed by atoms with Crippen molar-refractivity contribution in [1.29, 1.82) is 0 Å². The smallest absolute Gasteiger partial charge is 0.137 e. The van der Waals surface area contributed by atoms with Crippen LogP contribution in [0.25, 0.3) is 64.0 Å². The predicted octanol–water partition coefficient (Wildman–Crippen LogP) is 16.4. The summed E-state index contributed by atoms with van der Waals surface area (Å²) >= 11 is 1.85. The second-order valence-corrected chi connectivity index (χ2v) is 17.2. The van der Waals surface area contributed by atoms with Crippen molar-refractivity contribution in [3.63, 3.8) is 0 Å². The molecule has 59 heavy (non-hydrogen) atoms. The lowest BCUT2D eigenvalue weighted by Crippen LogP contribution is -2.15. The molecule has 4 heteroatoms. The average Bonchev–Trinajstić information content (AvgIpc) is 3.91. The predicted molar refractivity (Wildman–Crippen MR) is 251 cm³/mol. The molecule has 0 saturated carbocycles. The third-order valence-corrected chi connectivity index (χ3v) is 13.5. The molecule has 0 atom stereocenters. The minimum absolute atomic E-state index is 0.121. The lowest BCUT2D eigenvalue weighted by Gasteiger charge is -2.28. The van der Waals surface area contributed by atoms with Crippen molar-refractivity contribution in [3.05, 3.63) is 205 Å². The van der Waals surface area contributed by atoms with Crippen LogP contribution in [0.2, 0.25) is 0 Å².